The molecule has 1 aliphatic rings. The van der Waals surface area contributed by atoms with Crippen molar-refractivity contribution in [2.75, 3.05) is 16.8 Å². The zero-order valence-electron chi connectivity index (χ0n) is 12.9. The van der Waals surface area contributed by atoms with E-state index in [1.807, 2.05) is 13.8 Å². The molecule has 0 unspecified atom stereocenters. The van der Waals surface area contributed by atoms with E-state index >= 15 is 0 Å². The fraction of sp³-hybridized carbons (Fsp3) is 0.333. The van der Waals surface area contributed by atoms with Crippen molar-refractivity contribution >= 4 is 45.6 Å². The Morgan fingerprint density at radius 2 is 2.13 bits per heavy atom. The van der Waals surface area contributed by atoms with E-state index < -0.39 is 5.41 Å². The van der Waals surface area contributed by atoms with Gasteiger partial charge in [0.05, 0.1) is 5.41 Å². The summed E-state index contributed by atoms with van der Waals surface area (Å²) < 4.78 is 0. The predicted octanol–water partition coefficient (Wildman–Crippen LogP) is 2.76. The standard InChI is InChI=1S/C15H15ClN4O2S/c1-8-18-19-14(23-8)17-12(21)7-20-11-5-4-9(16)6-10(11)15(2,3)13(20)22/h4-6H,7H2,1-3H3,(H,17,19,21). The third kappa shape index (κ3) is 2.82. The summed E-state index contributed by atoms with van der Waals surface area (Å²) in [7, 11) is 0. The maximum atomic E-state index is 12.7. The number of amides is 2. The quantitative estimate of drug-likeness (QED) is 0.923. The van der Waals surface area contributed by atoms with Gasteiger partial charge in [-0.05, 0) is 44.5 Å². The summed E-state index contributed by atoms with van der Waals surface area (Å²) in [6.07, 6.45) is 0. The smallest absolute Gasteiger partial charge is 0.246 e. The van der Waals surface area contributed by atoms with Crippen molar-refractivity contribution in [3.63, 3.8) is 0 Å². The van der Waals surface area contributed by atoms with Gasteiger partial charge >= 0.3 is 0 Å². The third-order valence-electron chi connectivity index (χ3n) is 3.78. The van der Waals surface area contributed by atoms with Crippen molar-refractivity contribution < 1.29 is 9.59 Å². The van der Waals surface area contributed by atoms with Crippen LogP contribution in [-0.2, 0) is 15.0 Å². The Hall–Kier alpha value is -1.99. The van der Waals surface area contributed by atoms with Gasteiger partial charge in [-0.25, -0.2) is 0 Å². The molecule has 0 aliphatic carbocycles. The van der Waals surface area contributed by atoms with E-state index in [4.69, 9.17) is 11.6 Å². The first kappa shape index (κ1) is 15.9. The molecule has 0 radical (unpaired) electrons. The molecule has 2 amide bonds. The van der Waals surface area contributed by atoms with Crippen molar-refractivity contribution in [1.29, 1.82) is 0 Å². The average Bonchev–Trinajstić information content (AvgIpc) is 2.95. The largest absolute Gasteiger partial charge is 0.302 e. The Morgan fingerprint density at radius 1 is 1.39 bits per heavy atom. The molecule has 2 heterocycles. The van der Waals surface area contributed by atoms with Crippen LogP contribution in [0.25, 0.3) is 0 Å². The molecule has 2 aromatic rings. The van der Waals surface area contributed by atoms with E-state index in [1.165, 1.54) is 16.2 Å². The highest BCUT2D eigenvalue weighted by Crippen LogP contribution is 2.42. The highest BCUT2D eigenvalue weighted by atomic mass is 35.5. The Balaban J connectivity index is 1.83. The molecule has 0 bridgehead atoms. The second kappa shape index (κ2) is 5.58. The van der Waals surface area contributed by atoms with Crippen LogP contribution < -0.4 is 10.2 Å². The fourth-order valence-electron chi connectivity index (χ4n) is 2.61. The van der Waals surface area contributed by atoms with Gasteiger partial charge in [0.15, 0.2) is 0 Å². The molecule has 3 rings (SSSR count). The highest BCUT2D eigenvalue weighted by molar-refractivity contribution is 7.15. The van der Waals surface area contributed by atoms with Crippen molar-refractivity contribution in [3.05, 3.63) is 33.8 Å². The second-order valence-corrected chi connectivity index (χ2v) is 7.47. The number of aromatic nitrogens is 2. The van der Waals surface area contributed by atoms with Crippen LogP contribution in [0.15, 0.2) is 18.2 Å². The number of nitrogens with zero attached hydrogens (tertiary/aromatic N) is 3. The molecule has 0 atom stereocenters. The summed E-state index contributed by atoms with van der Waals surface area (Å²) in [6, 6.07) is 5.27. The maximum absolute atomic E-state index is 12.7. The number of rotatable bonds is 3. The van der Waals surface area contributed by atoms with E-state index in [-0.39, 0.29) is 18.4 Å². The molecule has 23 heavy (non-hydrogen) atoms. The molecule has 0 saturated heterocycles. The number of anilines is 2. The number of hydrogen-bond acceptors (Lipinski definition) is 5. The van der Waals surface area contributed by atoms with Crippen LogP contribution in [-0.4, -0.2) is 28.6 Å². The molecular weight excluding hydrogens is 336 g/mol. The fourth-order valence-corrected chi connectivity index (χ4v) is 3.39. The van der Waals surface area contributed by atoms with Crippen molar-refractivity contribution in [2.24, 2.45) is 0 Å². The van der Waals surface area contributed by atoms with Crippen molar-refractivity contribution in [3.8, 4) is 0 Å². The predicted molar refractivity (Wildman–Crippen MR) is 90.1 cm³/mol. The van der Waals surface area contributed by atoms with E-state index in [0.717, 1.165) is 10.6 Å². The van der Waals surface area contributed by atoms with Gasteiger partial charge in [-0.3, -0.25) is 14.9 Å². The summed E-state index contributed by atoms with van der Waals surface area (Å²) in [5.41, 5.74) is 0.836. The molecule has 0 saturated carbocycles. The lowest BCUT2D eigenvalue weighted by atomic mass is 9.86. The Kier molecular flexibility index (Phi) is 3.85. The summed E-state index contributed by atoms with van der Waals surface area (Å²) in [4.78, 5) is 26.4. The Bertz CT molecular complexity index is 803. The third-order valence-corrected chi connectivity index (χ3v) is 4.77. The number of aryl methyl sites for hydroxylation is 1. The SMILES string of the molecule is Cc1nnc(NC(=O)CN2C(=O)C(C)(C)c3cc(Cl)ccc32)s1. The van der Waals surface area contributed by atoms with Gasteiger partial charge in [-0.15, -0.1) is 10.2 Å². The number of hydrogen-bond donors (Lipinski definition) is 1. The minimum absolute atomic E-state index is 0.0739. The summed E-state index contributed by atoms with van der Waals surface area (Å²) in [6.45, 7) is 5.39. The first-order chi connectivity index (χ1) is 10.8. The van der Waals surface area contributed by atoms with Crippen LogP contribution in [0.1, 0.15) is 24.4 Å². The Morgan fingerprint density at radius 3 is 2.78 bits per heavy atom. The first-order valence-corrected chi connectivity index (χ1v) is 8.20. The molecule has 1 N–H and O–H groups in total. The molecule has 0 fully saturated rings. The lowest BCUT2D eigenvalue weighted by Gasteiger charge is -2.19. The van der Waals surface area contributed by atoms with E-state index in [9.17, 15) is 9.59 Å². The molecule has 0 spiro atoms. The maximum Gasteiger partial charge on any atom is 0.246 e. The van der Waals surface area contributed by atoms with Gasteiger partial charge in [-0.2, -0.15) is 0 Å². The lowest BCUT2D eigenvalue weighted by molar-refractivity contribution is -0.124. The number of halogens is 1. The van der Waals surface area contributed by atoms with Gasteiger partial charge in [-0.1, -0.05) is 22.9 Å². The summed E-state index contributed by atoms with van der Waals surface area (Å²) >= 11 is 7.33. The molecule has 1 aliphatic heterocycles. The zero-order chi connectivity index (χ0) is 16.8. The monoisotopic (exact) mass is 350 g/mol. The number of fused-ring (bicyclic) bond motifs is 1. The van der Waals surface area contributed by atoms with E-state index in [2.05, 4.69) is 15.5 Å². The minimum atomic E-state index is -0.708. The van der Waals surface area contributed by atoms with Crippen LogP contribution in [0.2, 0.25) is 5.02 Å². The topological polar surface area (TPSA) is 75.2 Å². The van der Waals surface area contributed by atoms with E-state index in [0.29, 0.717) is 15.8 Å². The Labute approximate surface area is 142 Å². The molecular formula is C15H15ClN4O2S. The number of carbonyl (C=O) groups is 2. The number of carbonyl (C=O) groups excluding carboxylic acids is 2. The zero-order valence-corrected chi connectivity index (χ0v) is 14.5. The van der Waals surface area contributed by atoms with Crippen LogP contribution in [0.3, 0.4) is 0 Å². The van der Waals surface area contributed by atoms with E-state index in [1.54, 1.807) is 25.1 Å². The highest BCUT2D eigenvalue weighted by Gasteiger charge is 2.44. The second-order valence-electron chi connectivity index (χ2n) is 5.85. The van der Waals surface area contributed by atoms with Crippen molar-refractivity contribution in [2.45, 2.75) is 26.2 Å². The van der Waals surface area contributed by atoms with Gasteiger partial charge in [0.2, 0.25) is 16.9 Å². The molecule has 120 valence electrons. The molecule has 1 aromatic carbocycles. The summed E-state index contributed by atoms with van der Waals surface area (Å²) in [5, 5.41) is 12.1. The van der Waals surface area contributed by atoms with Crippen LogP contribution in [0, 0.1) is 6.92 Å². The van der Waals surface area contributed by atoms with Crippen molar-refractivity contribution in [1.82, 2.24) is 10.2 Å². The first-order valence-electron chi connectivity index (χ1n) is 7.01. The van der Waals surface area contributed by atoms with Gasteiger partial charge in [0.1, 0.15) is 11.6 Å². The van der Waals surface area contributed by atoms with Gasteiger partial charge in [0, 0.05) is 10.7 Å². The van der Waals surface area contributed by atoms with Gasteiger partial charge < -0.3 is 4.90 Å². The molecule has 1 aromatic heterocycles. The van der Waals surface area contributed by atoms with Crippen LogP contribution in [0.5, 0.6) is 0 Å². The molecule has 6 nitrogen and oxygen atoms in total. The normalized spacial score (nSPS) is 15.7. The van der Waals surface area contributed by atoms with Crippen LogP contribution in [0.4, 0.5) is 10.8 Å². The lowest BCUT2D eigenvalue weighted by Crippen LogP contribution is -2.40. The minimum Gasteiger partial charge on any atom is -0.302 e. The average molecular weight is 351 g/mol. The number of benzene rings is 1. The van der Waals surface area contributed by atoms with Gasteiger partial charge in [0.25, 0.3) is 0 Å². The van der Waals surface area contributed by atoms with Crippen LogP contribution >= 0.6 is 22.9 Å². The molecule has 8 heteroatoms. The summed E-state index contributed by atoms with van der Waals surface area (Å²) in [5.74, 6) is -0.438. The number of nitrogens with one attached hydrogen (secondary N) is 1.